The summed E-state index contributed by atoms with van der Waals surface area (Å²) in [4.78, 5) is 0. The Bertz CT molecular complexity index is 547. The van der Waals surface area contributed by atoms with E-state index in [9.17, 15) is 0 Å². The average Bonchev–Trinajstić information content (AvgIpc) is 2.74. The Hall–Kier alpha value is -2.16. The quantitative estimate of drug-likeness (QED) is 0.742. The molecule has 2 aliphatic rings. The van der Waals surface area contributed by atoms with Crippen LogP contribution in [-0.4, -0.2) is 6.17 Å². The molecule has 0 bridgehead atoms. The number of hydrogen-bond acceptors (Lipinski definition) is 3. The summed E-state index contributed by atoms with van der Waals surface area (Å²) in [5, 5.41) is 10.1. The van der Waals surface area contributed by atoms with Crippen LogP contribution in [0.25, 0.3) is 0 Å². The van der Waals surface area contributed by atoms with E-state index in [1.54, 1.807) is 0 Å². The van der Waals surface area contributed by atoms with Crippen molar-refractivity contribution in [3.05, 3.63) is 65.1 Å². The summed E-state index contributed by atoms with van der Waals surface area (Å²) in [7, 11) is 0. The number of benzene rings is 1. The van der Waals surface area contributed by atoms with E-state index in [2.05, 4.69) is 66.2 Å². The van der Waals surface area contributed by atoms with Crippen molar-refractivity contribution in [2.75, 3.05) is 5.32 Å². The highest BCUT2D eigenvalue weighted by Crippen LogP contribution is 2.19. The minimum absolute atomic E-state index is 0.198. The number of dihydropyridines is 1. The van der Waals surface area contributed by atoms with Gasteiger partial charge in [0, 0.05) is 5.69 Å². The molecule has 0 saturated carbocycles. The van der Waals surface area contributed by atoms with Gasteiger partial charge in [0.25, 0.3) is 0 Å². The van der Waals surface area contributed by atoms with Crippen molar-refractivity contribution in [3.8, 4) is 0 Å². The minimum atomic E-state index is 0.198. The molecule has 92 valence electrons. The Morgan fingerprint density at radius 3 is 2.61 bits per heavy atom. The molecule has 2 aliphatic heterocycles. The van der Waals surface area contributed by atoms with Crippen LogP contribution in [0.5, 0.6) is 0 Å². The molecule has 3 N–H and O–H groups in total. The van der Waals surface area contributed by atoms with E-state index in [1.807, 2.05) is 6.20 Å². The van der Waals surface area contributed by atoms with E-state index in [0.717, 1.165) is 11.5 Å². The zero-order chi connectivity index (χ0) is 12.5. The van der Waals surface area contributed by atoms with Crippen LogP contribution < -0.4 is 16.0 Å². The highest BCUT2D eigenvalue weighted by atomic mass is 15.2. The normalized spacial score (nSPS) is 20.4. The van der Waals surface area contributed by atoms with E-state index in [4.69, 9.17) is 0 Å². The summed E-state index contributed by atoms with van der Waals surface area (Å²) >= 11 is 0. The number of anilines is 1. The van der Waals surface area contributed by atoms with Gasteiger partial charge in [0.1, 0.15) is 12.0 Å². The van der Waals surface area contributed by atoms with Crippen LogP contribution in [-0.2, 0) is 0 Å². The van der Waals surface area contributed by atoms with Gasteiger partial charge in [0.15, 0.2) is 0 Å². The predicted octanol–water partition coefficient (Wildman–Crippen LogP) is 2.53. The summed E-state index contributed by atoms with van der Waals surface area (Å²) in [5.41, 5.74) is 4.92. The third-order valence-corrected chi connectivity index (χ3v) is 3.11. The lowest BCUT2D eigenvalue weighted by Gasteiger charge is -2.23. The van der Waals surface area contributed by atoms with Crippen LogP contribution in [0.2, 0.25) is 0 Å². The number of nitrogens with one attached hydrogen (secondary N) is 3. The third-order valence-electron chi connectivity index (χ3n) is 3.11. The molecule has 0 amide bonds. The second-order valence-corrected chi connectivity index (χ2v) is 4.83. The Morgan fingerprint density at radius 2 is 1.83 bits per heavy atom. The van der Waals surface area contributed by atoms with Gasteiger partial charge in [-0.15, -0.1) is 0 Å². The highest BCUT2D eigenvalue weighted by Gasteiger charge is 2.18. The maximum Gasteiger partial charge on any atom is 0.124 e. The van der Waals surface area contributed by atoms with Crippen LogP contribution >= 0.6 is 0 Å². The van der Waals surface area contributed by atoms with Gasteiger partial charge in [-0.3, -0.25) is 0 Å². The Labute approximate surface area is 107 Å². The molecule has 0 aliphatic carbocycles. The summed E-state index contributed by atoms with van der Waals surface area (Å²) in [6, 6.07) is 6.47. The zero-order valence-corrected chi connectivity index (χ0v) is 10.6. The fraction of sp³-hybridized carbons (Fsp3) is 0.200. The molecule has 0 aromatic heterocycles. The molecule has 18 heavy (non-hydrogen) atoms. The van der Waals surface area contributed by atoms with E-state index >= 15 is 0 Å². The van der Waals surface area contributed by atoms with Gasteiger partial charge in [-0.1, -0.05) is 12.1 Å². The molecule has 3 rings (SSSR count). The Kier molecular flexibility index (Phi) is 2.59. The maximum atomic E-state index is 3.41. The van der Waals surface area contributed by atoms with Crippen LogP contribution in [0, 0.1) is 13.8 Å². The molecule has 0 spiro atoms. The molecule has 2 heterocycles. The van der Waals surface area contributed by atoms with Gasteiger partial charge in [-0.25, -0.2) is 0 Å². The Morgan fingerprint density at radius 1 is 1.06 bits per heavy atom. The van der Waals surface area contributed by atoms with Crippen molar-refractivity contribution in [1.82, 2.24) is 10.6 Å². The molecule has 0 fully saturated rings. The largest absolute Gasteiger partial charge is 0.368 e. The van der Waals surface area contributed by atoms with Crippen LogP contribution in [0.3, 0.4) is 0 Å². The number of aryl methyl sites for hydroxylation is 2. The second-order valence-electron chi connectivity index (χ2n) is 4.83. The molecule has 0 saturated heterocycles. The average molecular weight is 239 g/mol. The first kappa shape index (κ1) is 11.0. The molecule has 3 heteroatoms. The zero-order valence-electron chi connectivity index (χ0n) is 10.6. The van der Waals surface area contributed by atoms with Gasteiger partial charge in [-0.2, -0.15) is 0 Å². The number of allylic oxidation sites excluding steroid dienone is 2. The van der Waals surface area contributed by atoms with E-state index in [-0.39, 0.29) is 6.17 Å². The van der Waals surface area contributed by atoms with Gasteiger partial charge in [0.2, 0.25) is 0 Å². The lowest BCUT2D eigenvalue weighted by molar-refractivity contribution is 0.610. The second kappa shape index (κ2) is 4.26. The van der Waals surface area contributed by atoms with Crippen molar-refractivity contribution >= 4 is 5.69 Å². The monoisotopic (exact) mass is 239 g/mol. The molecular formula is C15H17N3. The smallest absolute Gasteiger partial charge is 0.124 e. The van der Waals surface area contributed by atoms with Crippen molar-refractivity contribution < 1.29 is 0 Å². The van der Waals surface area contributed by atoms with E-state index in [1.165, 1.54) is 16.7 Å². The maximum absolute atomic E-state index is 3.41. The van der Waals surface area contributed by atoms with E-state index < -0.39 is 0 Å². The van der Waals surface area contributed by atoms with E-state index in [0.29, 0.717) is 0 Å². The first-order valence-corrected chi connectivity index (χ1v) is 6.17. The molecule has 1 aromatic carbocycles. The summed E-state index contributed by atoms with van der Waals surface area (Å²) < 4.78 is 0. The Balaban J connectivity index is 1.79. The molecular weight excluding hydrogens is 222 g/mol. The molecule has 1 unspecified atom stereocenters. The molecule has 0 radical (unpaired) electrons. The lowest BCUT2D eigenvalue weighted by atomic mass is 10.1. The standard InChI is InChI=1S/C15H17N3/c1-10-7-11(2)9-13(8-10)17-14-4-3-12-5-6-16-15(12)18-14/h3-9,15-18H,1-2H3. The first-order valence-electron chi connectivity index (χ1n) is 6.17. The lowest BCUT2D eigenvalue weighted by Crippen LogP contribution is -2.40. The van der Waals surface area contributed by atoms with Crippen molar-refractivity contribution in [2.24, 2.45) is 0 Å². The van der Waals surface area contributed by atoms with Crippen molar-refractivity contribution in [3.63, 3.8) is 0 Å². The predicted molar refractivity (Wildman–Crippen MR) is 74.9 cm³/mol. The van der Waals surface area contributed by atoms with Gasteiger partial charge >= 0.3 is 0 Å². The van der Waals surface area contributed by atoms with Crippen molar-refractivity contribution in [2.45, 2.75) is 20.0 Å². The molecule has 1 atom stereocenters. The third kappa shape index (κ3) is 2.12. The number of hydrogen-bond donors (Lipinski definition) is 3. The highest BCUT2D eigenvalue weighted by molar-refractivity contribution is 5.53. The van der Waals surface area contributed by atoms with Crippen LogP contribution in [0.15, 0.2) is 54.0 Å². The SMILES string of the molecule is Cc1cc(C)cc(NC2=CC=C3C=CNC3N2)c1. The minimum Gasteiger partial charge on any atom is -0.368 e. The van der Waals surface area contributed by atoms with Gasteiger partial charge < -0.3 is 16.0 Å². The molecule has 1 aromatic rings. The fourth-order valence-electron chi connectivity index (χ4n) is 2.37. The number of rotatable bonds is 2. The topological polar surface area (TPSA) is 36.1 Å². The first-order chi connectivity index (χ1) is 8.70. The fourth-order valence-corrected chi connectivity index (χ4v) is 2.37. The summed E-state index contributed by atoms with van der Waals surface area (Å²) in [6.45, 7) is 4.22. The van der Waals surface area contributed by atoms with Gasteiger partial charge in [0.05, 0.1) is 0 Å². The van der Waals surface area contributed by atoms with Crippen LogP contribution in [0.4, 0.5) is 5.69 Å². The van der Waals surface area contributed by atoms with Gasteiger partial charge in [-0.05, 0) is 61.0 Å². The number of fused-ring (bicyclic) bond motifs is 1. The van der Waals surface area contributed by atoms with Crippen molar-refractivity contribution in [1.29, 1.82) is 0 Å². The molecule has 3 nitrogen and oxygen atoms in total. The van der Waals surface area contributed by atoms with Crippen LogP contribution in [0.1, 0.15) is 11.1 Å². The summed E-state index contributed by atoms with van der Waals surface area (Å²) in [5.74, 6) is 1.02. The summed E-state index contributed by atoms with van der Waals surface area (Å²) in [6.07, 6.45) is 8.45.